The van der Waals surface area contributed by atoms with Gasteiger partial charge in [-0.3, -0.25) is 9.59 Å². The zero-order valence-electron chi connectivity index (χ0n) is 12.3. The molecule has 2 saturated heterocycles. The first kappa shape index (κ1) is 16.2. The van der Waals surface area contributed by atoms with E-state index in [0.717, 1.165) is 19.4 Å². The molecule has 1 amide bonds. The van der Waals surface area contributed by atoms with Crippen LogP contribution in [-0.2, 0) is 23.8 Å². The van der Waals surface area contributed by atoms with E-state index in [1.165, 1.54) is 0 Å². The van der Waals surface area contributed by atoms with Gasteiger partial charge in [0.25, 0.3) is 5.91 Å². The molecule has 0 aromatic carbocycles. The number of amides is 1. The van der Waals surface area contributed by atoms with E-state index in [-0.39, 0.29) is 18.4 Å². The van der Waals surface area contributed by atoms with E-state index in [1.807, 2.05) is 0 Å². The summed E-state index contributed by atoms with van der Waals surface area (Å²) in [4.78, 5) is 24.6. The number of carboxylic acids is 1. The van der Waals surface area contributed by atoms with E-state index in [4.69, 9.17) is 19.3 Å². The summed E-state index contributed by atoms with van der Waals surface area (Å²) in [6.07, 6.45) is 1.03. The van der Waals surface area contributed by atoms with Crippen LogP contribution in [0.3, 0.4) is 0 Å². The lowest BCUT2D eigenvalue weighted by molar-refractivity contribution is -0.155. The molecule has 1 N–H and O–H groups in total. The van der Waals surface area contributed by atoms with Crippen molar-refractivity contribution in [2.45, 2.75) is 44.5 Å². The number of rotatable bonds is 6. The third-order valence-electron chi connectivity index (χ3n) is 3.76. The minimum Gasteiger partial charge on any atom is -0.481 e. The van der Waals surface area contributed by atoms with Crippen LogP contribution in [0.4, 0.5) is 0 Å². The lowest BCUT2D eigenvalue weighted by Gasteiger charge is -2.34. The van der Waals surface area contributed by atoms with E-state index < -0.39 is 18.2 Å². The summed E-state index contributed by atoms with van der Waals surface area (Å²) in [6.45, 7) is 4.05. The molecule has 0 bridgehead atoms. The molecule has 2 heterocycles. The lowest BCUT2D eigenvalue weighted by Crippen LogP contribution is -2.49. The quantitative estimate of drug-likeness (QED) is 0.758. The van der Waals surface area contributed by atoms with Crippen LogP contribution in [-0.4, -0.2) is 73.1 Å². The molecule has 3 atom stereocenters. The SMILES string of the molecule is C[C@H](OC[C@H]1CCCO1)C(=O)N1CCO[C@@H](CC(=O)O)C1. The van der Waals surface area contributed by atoms with E-state index in [0.29, 0.717) is 26.3 Å². The van der Waals surface area contributed by atoms with Crippen LogP contribution in [0.1, 0.15) is 26.2 Å². The van der Waals surface area contributed by atoms with Crippen LogP contribution in [0.5, 0.6) is 0 Å². The molecule has 0 aromatic heterocycles. The van der Waals surface area contributed by atoms with Crippen LogP contribution in [0.15, 0.2) is 0 Å². The molecular weight excluding hydrogens is 278 g/mol. The second-order valence-electron chi connectivity index (χ2n) is 5.49. The highest BCUT2D eigenvalue weighted by molar-refractivity contribution is 5.80. The van der Waals surface area contributed by atoms with E-state index in [2.05, 4.69) is 0 Å². The molecule has 0 radical (unpaired) electrons. The van der Waals surface area contributed by atoms with Gasteiger partial charge in [0.2, 0.25) is 0 Å². The van der Waals surface area contributed by atoms with Gasteiger partial charge in [0.15, 0.2) is 0 Å². The summed E-state index contributed by atoms with van der Waals surface area (Å²) in [5.41, 5.74) is 0. The molecule has 2 aliphatic heterocycles. The fraction of sp³-hybridized carbons (Fsp3) is 0.857. The first-order chi connectivity index (χ1) is 10.1. The predicted molar refractivity (Wildman–Crippen MR) is 73.0 cm³/mol. The zero-order valence-corrected chi connectivity index (χ0v) is 12.3. The van der Waals surface area contributed by atoms with Crippen LogP contribution >= 0.6 is 0 Å². The summed E-state index contributed by atoms with van der Waals surface area (Å²) in [5.74, 6) is -1.04. The van der Waals surface area contributed by atoms with Gasteiger partial charge < -0.3 is 24.2 Å². The first-order valence-electron chi connectivity index (χ1n) is 7.41. The number of nitrogens with zero attached hydrogens (tertiary/aromatic N) is 1. The van der Waals surface area contributed by atoms with Crippen LogP contribution in [0, 0.1) is 0 Å². The van der Waals surface area contributed by atoms with Gasteiger partial charge in [-0.1, -0.05) is 0 Å². The van der Waals surface area contributed by atoms with Crippen molar-refractivity contribution < 1.29 is 28.9 Å². The van der Waals surface area contributed by atoms with Gasteiger partial charge >= 0.3 is 5.97 Å². The minimum atomic E-state index is -0.919. The van der Waals surface area contributed by atoms with Crippen molar-refractivity contribution in [3.05, 3.63) is 0 Å². The number of carboxylic acid groups (broad SMARTS) is 1. The second kappa shape index (κ2) is 7.72. The van der Waals surface area contributed by atoms with Crippen LogP contribution < -0.4 is 0 Å². The normalized spacial score (nSPS) is 27.6. The highest BCUT2D eigenvalue weighted by Gasteiger charge is 2.29. The van der Waals surface area contributed by atoms with Crippen molar-refractivity contribution in [2.75, 3.05) is 32.9 Å². The molecule has 2 aliphatic rings. The van der Waals surface area contributed by atoms with Crippen molar-refractivity contribution in [3.8, 4) is 0 Å². The Hall–Kier alpha value is -1.18. The molecule has 0 saturated carbocycles. The van der Waals surface area contributed by atoms with Gasteiger partial charge in [-0.15, -0.1) is 0 Å². The molecule has 2 fully saturated rings. The van der Waals surface area contributed by atoms with Crippen LogP contribution in [0.2, 0.25) is 0 Å². The molecule has 120 valence electrons. The molecular formula is C14H23NO6. The maximum Gasteiger partial charge on any atom is 0.306 e. The van der Waals surface area contributed by atoms with Crippen molar-refractivity contribution >= 4 is 11.9 Å². The van der Waals surface area contributed by atoms with Crippen LogP contribution in [0.25, 0.3) is 0 Å². The predicted octanol–water partition coefficient (Wildman–Crippen LogP) is 0.273. The first-order valence-corrected chi connectivity index (χ1v) is 7.41. The smallest absolute Gasteiger partial charge is 0.306 e. The summed E-state index contributed by atoms with van der Waals surface area (Å²) >= 11 is 0. The largest absolute Gasteiger partial charge is 0.481 e. The van der Waals surface area contributed by atoms with E-state index in [9.17, 15) is 9.59 Å². The van der Waals surface area contributed by atoms with Crippen molar-refractivity contribution in [1.82, 2.24) is 4.90 Å². The molecule has 2 rings (SSSR count). The summed E-state index contributed by atoms with van der Waals surface area (Å²) in [7, 11) is 0. The fourth-order valence-electron chi connectivity index (χ4n) is 2.59. The molecule has 0 unspecified atom stereocenters. The van der Waals surface area contributed by atoms with Crippen molar-refractivity contribution in [2.24, 2.45) is 0 Å². The summed E-state index contributed by atoms with van der Waals surface area (Å²) < 4.78 is 16.4. The number of ether oxygens (including phenoxy) is 3. The molecule has 21 heavy (non-hydrogen) atoms. The Morgan fingerprint density at radius 3 is 2.76 bits per heavy atom. The Kier molecular flexibility index (Phi) is 5.96. The number of carbonyl (C=O) groups excluding carboxylic acids is 1. The second-order valence-corrected chi connectivity index (χ2v) is 5.49. The molecule has 7 heteroatoms. The van der Waals surface area contributed by atoms with E-state index >= 15 is 0 Å². The number of morpholine rings is 1. The maximum atomic E-state index is 12.3. The average Bonchev–Trinajstić information content (AvgIpc) is 2.97. The Morgan fingerprint density at radius 2 is 2.10 bits per heavy atom. The average molecular weight is 301 g/mol. The number of carbonyl (C=O) groups is 2. The van der Waals surface area contributed by atoms with Gasteiger partial charge in [-0.25, -0.2) is 0 Å². The van der Waals surface area contributed by atoms with Crippen molar-refractivity contribution in [3.63, 3.8) is 0 Å². The van der Waals surface area contributed by atoms with Gasteiger partial charge in [0.05, 0.1) is 31.8 Å². The molecule has 0 aromatic rings. The third-order valence-corrected chi connectivity index (χ3v) is 3.76. The Bertz CT molecular complexity index is 368. The topological polar surface area (TPSA) is 85.3 Å². The Labute approximate surface area is 124 Å². The molecule has 0 aliphatic carbocycles. The summed E-state index contributed by atoms with van der Waals surface area (Å²) in [5, 5.41) is 8.78. The number of aliphatic carboxylic acids is 1. The zero-order chi connectivity index (χ0) is 15.2. The van der Waals surface area contributed by atoms with Gasteiger partial charge in [0, 0.05) is 19.7 Å². The van der Waals surface area contributed by atoms with Gasteiger partial charge in [0.1, 0.15) is 6.10 Å². The minimum absolute atomic E-state index is 0.0877. The third kappa shape index (κ3) is 4.94. The van der Waals surface area contributed by atoms with Crippen molar-refractivity contribution in [1.29, 1.82) is 0 Å². The Balaban J connectivity index is 1.76. The highest BCUT2D eigenvalue weighted by atomic mass is 16.5. The van der Waals surface area contributed by atoms with Gasteiger partial charge in [-0.05, 0) is 19.8 Å². The highest BCUT2D eigenvalue weighted by Crippen LogP contribution is 2.14. The van der Waals surface area contributed by atoms with E-state index in [1.54, 1.807) is 11.8 Å². The maximum absolute atomic E-state index is 12.3. The monoisotopic (exact) mass is 301 g/mol. The standard InChI is InChI=1S/C14H23NO6/c1-10(21-9-11-3-2-5-19-11)14(18)15-4-6-20-12(8-15)7-13(16)17/h10-12H,2-9H2,1H3,(H,16,17)/t10-,11+,12-/m0/s1. The number of hydrogen-bond donors (Lipinski definition) is 1. The Morgan fingerprint density at radius 1 is 1.33 bits per heavy atom. The molecule has 0 spiro atoms. The molecule has 7 nitrogen and oxygen atoms in total. The van der Waals surface area contributed by atoms with Gasteiger partial charge in [-0.2, -0.15) is 0 Å². The summed E-state index contributed by atoms with van der Waals surface area (Å²) in [6, 6.07) is 0. The number of hydrogen-bond acceptors (Lipinski definition) is 5. The lowest BCUT2D eigenvalue weighted by atomic mass is 10.2. The fourth-order valence-corrected chi connectivity index (χ4v) is 2.59.